The summed E-state index contributed by atoms with van der Waals surface area (Å²) >= 11 is 0. The number of rotatable bonds is 5. The molecule has 17 heavy (non-hydrogen) atoms. The Bertz CT molecular complexity index is 355. The average molecular weight is 248 g/mol. The van der Waals surface area contributed by atoms with Crippen molar-refractivity contribution in [3.05, 3.63) is 23.9 Å². The Balaban J connectivity index is 2.71. The molecule has 3 nitrogen and oxygen atoms in total. The first kappa shape index (κ1) is 13.8. The van der Waals surface area contributed by atoms with Crippen LogP contribution in [0, 0.1) is 0 Å². The van der Waals surface area contributed by atoms with E-state index in [1.165, 1.54) is 0 Å². The predicted molar refractivity (Wildman–Crippen MR) is 59.0 cm³/mol. The van der Waals surface area contributed by atoms with Crippen LogP contribution in [0.1, 0.15) is 12.5 Å². The zero-order valence-corrected chi connectivity index (χ0v) is 9.79. The van der Waals surface area contributed by atoms with E-state index in [0.29, 0.717) is 25.6 Å². The van der Waals surface area contributed by atoms with E-state index in [9.17, 15) is 13.2 Å². The molecule has 6 heteroatoms. The minimum atomic E-state index is -4.33. The Morgan fingerprint density at radius 1 is 1.41 bits per heavy atom. The van der Waals surface area contributed by atoms with Crippen molar-refractivity contribution in [2.75, 3.05) is 31.7 Å². The SMILES string of the molecule is CCOCCN(C)c1cc(C(F)(F)F)ccn1. The van der Waals surface area contributed by atoms with Crippen molar-refractivity contribution in [1.82, 2.24) is 4.98 Å². The maximum atomic E-state index is 12.5. The summed E-state index contributed by atoms with van der Waals surface area (Å²) in [4.78, 5) is 5.53. The molecule has 0 amide bonds. The number of ether oxygens (including phenoxy) is 1. The quantitative estimate of drug-likeness (QED) is 0.749. The second kappa shape index (κ2) is 5.86. The average Bonchev–Trinajstić information content (AvgIpc) is 2.28. The zero-order chi connectivity index (χ0) is 12.9. The van der Waals surface area contributed by atoms with Crippen molar-refractivity contribution in [2.45, 2.75) is 13.1 Å². The molecular formula is C11H15F3N2O. The molecular weight excluding hydrogens is 233 g/mol. The lowest BCUT2D eigenvalue weighted by Gasteiger charge is -2.19. The molecule has 0 aliphatic heterocycles. The highest BCUT2D eigenvalue weighted by Gasteiger charge is 2.30. The van der Waals surface area contributed by atoms with Crippen LogP contribution in [0.25, 0.3) is 0 Å². The molecule has 1 aromatic rings. The standard InChI is InChI=1S/C11H15F3N2O/c1-3-17-7-6-16(2)10-8-9(4-5-15-10)11(12,13)14/h4-5,8H,3,6-7H2,1-2H3. The van der Waals surface area contributed by atoms with Gasteiger partial charge in [-0.3, -0.25) is 0 Å². The van der Waals surface area contributed by atoms with Crippen LogP contribution in [0.15, 0.2) is 18.3 Å². The number of aromatic nitrogens is 1. The molecule has 0 bridgehead atoms. The van der Waals surface area contributed by atoms with E-state index in [2.05, 4.69) is 4.98 Å². The molecule has 1 heterocycles. The summed E-state index contributed by atoms with van der Waals surface area (Å²) in [6, 6.07) is 1.99. The van der Waals surface area contributed by atoms with Gasteiger partial charge in [-0.1, -0.05) is 0 Å². The molecule has 0 saturated heterocycles. The number of likely N-dealkylation sites (N-methyl/N-ethyl adjacent to an activating group) is 1. The third-order valence-corrected chi connectivity index (χ3v) is 2.24. The highest BCUT2D eigenvalue weighted by molar-refractivity contribution is 5.40. The number of hydrogen-bond donors (Lipinski definition) is 0. The van der Waals surface area contributed by atoms with Crippen molar-refractivity contribution in [2.24, 2.45) is 0 Å². The van der Waals surface area contributed by atoms with Crippen LogP contribution in [0.5, 0.6) is 0 Å². The van der Waals surface area contributed by atoms with E-state index < -0.39 is 11.7 Å². The van der Waals surface area contributed by atoms with Gasteiger partial charge in [-0.15, -0.1) is 0 Å². The van der Waals surface area contributed by atoms with E-state index >= 15 is 0 Å². The molecule has 0 unspecified atom stereocenters. The predicted octanol–water partition coefficient (Wildman–Crippen LogP) is 2.57. The first-order chi connectivity index (χ1) is 7.95. The summed E-state index contributed by atoms with van der Waals surface area (Å²) in [5, 5.41) is 0. The maximum Gasteiger partial charge on any atom is 0.416 e. The lowest BCUT2D eigenvalue weighted by Crippen LogP contribution is -2.24. The summed E-state index contributed by atoms with van der Waals surface area (Å²) < 4.78 is 42.5. The molecule has 0 N–H and O–H groups in total. The van der Waals surface area contributed by atoms with Crippen molar-refractivity contribution >= 4 is 5.82 Å². The first-order valence-electron chi connectivity index (χ1n) is 5.27. The van der Waals surface area contributed by atoms with Gasteiger partial charge in [0.15, 0.2) is 0 Å². The summed E-state index contributed by atoms with van der Waals surface area (Å²) in [6.45, 7) is 3.42. The molecule has 0 saturated carbocycles. The minimum absolute atomic E-state index is 0.291. The summed E-state index contributed by atoms with van der Waals surface area (Å²) in [7, 11) is 1.68. The molecule has 0 fully saturated rings. The van der Waals surface area contributed by atoms with Gasteiger partial charge in [-0.25, -0.2) is 4.98 Å². The molecule has 0 spiro atoms. The van der Waals surface area contributed by atoms with Crippen LogP contribution in [0.2, 0.25) is 0 Å². The van der Waals surface area contributed by atoms with E-state index in [-0.39, 0.29) is 0 Å². The monoisotopic (exact) mass is 248 g/mol. The Morgan fingerprint density at radius 2 is 2.12 bits per heavy atom. The van der Waals surface area contributed by atoms with Crippen molar-refractivity contribution in [3.8, 4) is 0 Å². The van der Waals surface area contributed by atoms with Crippen molar-refractivity contribution in [1.29, 1.82) is 0 Å². The maximum absolute atomic E-state index is 12.5. The fraction of sp³-hybridized carbons (Fsp3) is 0.545. The molecule has 0 aliphatic carbocycles. The Labute approximate surface area is 98.2 Å². The number of nitrogens with zero attached hydrogens (tertiary/aromatic N) is 2. The van der Waals surface area contributed by atoms with Crippen LogP contribution in [-0.4, -0.2) is 31.8 Å². The van der Waals surface area contributed by atoms with Crippen LogP contribution in [-0.2, 0) is 10.9 Å². The number of alkyl halides is 3. The van der Waals surface area contributed by atoms with E-state index in [4.69, 9.17) is 4.74 Å². The van der Waals surface area contributed by atoms with E-state index in [1.807, 2.05) is 6.92 Å². The Kier molecular flexibility index (Phi) is 4.74. The van der Waals surface area contributed by atoms with Gasteiger partial charge in [-0.05, 0) is 19.1 Å². The summed E-state index contributed by atoms with van der Waals surface area (Å²) in [5.74, 6) is 0.291. The van der Waals surface area contributed by atoms with Crippen molar-refractivity contribution in [3.63, 3.8) is 0 Å². The van der Waals surface area contributed by atoms with Gasteiger partial charge in [-0.2, -0.15) is 13.2 Å². The molecule has 0 atom stereocenters. The van der Waals surface area contributed by atoms with E-state index in [1.54, 1.807) is 11.9 Å². The van der Waals surface area contributed by atoms with Crippen LogP contribution in [0.4, 0.5) is 19.0 Å². The lowest BCUT2D eigenvalue weighted by atomic mass is 10.2. The second-order valence-corrected chi connectivity index (χ2v) is 3.52. The number of pyridine rings is 1. The lowest BCUT2D eigenvalue weighted by molar-refractivity contribution is -0.137. The highest BCUT2D eigenvalue weighted by Crippen LogP contribution is 2.30. The van der Waals surface area contributed by atoms with Crippen LogP contribution in [0.3, 0.4) is 0 Å². The molecule has 1 rings (SSSR count). The molecule has 0 aromatic carbocycles. The third kappa shape index (κ3) is 4.22. The second-order valence-electron chi connectivity index (χ2n) is 3.52. The van der Waals surface area contributed by atoms with Gasteiger partial charge in [0.1, 0.15) is 5.82 Å². The van der Waals surface area contributed by atoms with Gasteiger partial charge in [0.25, 0.3) is 0 Å². The first-order valence-corrected chi connectivity index (χ1v) is 5.27. The van der Waals surface area contributed by atoms with Gasteiger partial charge in [0.2, 0.25) is 0 Å². The Morgan fingerprint density at radius 3 is 2.71 bits per heavy atom. The van der Waals surface area contributed by atoms with E-state index in [0.717, 1.165) is 18.3 Å². The molecule has 0 aliphatic rings. The fourth-order valence-corrected chi connectivity index (χ4v) is 1.26. The molecule has 96 valence electrons. The number of hydrogen-bond acceptors (Lipinski definition) is 3. The highest BCUT2D eigenvalue weighted by atomic mass is 19.4. The van der Waals surface area contributed by atoms with Crippen LogP contribution >= 0.6 is 0 Å². The number of halogens is 3. The summed E-state index contributed by atoms with van der Waals surface area (Å²) in [6.07, 6.45) is -3.17. The van der Waals surface area contributed by atoms with Gasteiger partial charge in [0, 0.05) is 26.4 Å². The van der Waals surface area contributed by atoms with Crippen molar-refractivity contribution < 1.29 is 17.9 Å². The van der Waals surface area contributed by atoms with Gasteiger partial charge >= 0.3 is 6.18 Å². The van der Waals surface area contributed by atoms with Crippen LogP contribution < -0.4 is 4.90 Å². The number of anilines is 1. The molecule has 1 aromatic heterocycles. The topological polar surface area (TPSA) is 25.4 Å². The van der Waals surface area contributed by atoms with Gasteiger partial charge < -0.3 is 9.64 Å². The summed E-state index contributed by atoms with van der Waals surface area (Å²) in [5.41, 5.74) is -0.689. The Hall–Kier alpha value is -1.30. The third-order valence-electron chi connectivity index (χ3n) is 2.24. The van der Waals surface area contributed by atoms with Gasteiger partial charge in [0.05, 0.1) is 12.2 Å². The normalized spacial score (nSPS) is 11.6. The zero-order valence-electron chi connectivity index (χ0n) is 9.79. The largest absolute Gasteiger partial charge is 0.416 e. The smallest absolute Gasteiger partial charge is 0.380 e. The minimum Gasteiger partial charge on any atom is -0.380 e. The fourth-order valence-electron chi connectivity index (χ4n) is 1.26. The molecule has 0 radical (unpaired) electrons.